The number of likely N-dealkylation sites (tertiary alicyclic amines) is 1. The first-order chi connectivity index (χ1) is 9.06. The number of halogens is 2. The van der Waals surface area contributed by atoms with Crippen LogP contribution in [-0.2, 0) is 6.54 Å². The zero-order chi connectivity index (χ0) is 13.8. The average molecular weight is 286 g/mol. The fraction of sp³-hybridized carbons (Fsp3) is 0.600. The quantitative estimate of drug-likeness (QED) is 0.914. The maximum Gasteiger partial charge on any atom is 0.142 e. The van der Waals surface area contributed by atoms with Gasteiger partial charge in [0.1, 0.15) is 5.82 Å². The Balaban J connectivity index is 2.04. The molecule has 1 saturated heterocycles. The van der Waals surface area contributed by atoms with Crippen molar-refractivity contribution >= 4 is 11.6 Å². The molecular weight excluding hydrogens is 265 g/mol. The van der Waals surface area contributed by atoms with E-state index < -0.39 is 0 Å². The number of piperidine rings is 1. The van der Waals surface area contributed by atoms with Crippen molar-refractivity contribution in [2.45, 2.75) is 51.3 Å². The van der Waals surface area contributed by atoms with Crippen LogP contribution in [0.4, 0.5) is 4.39 Å². The molecule has 19 heavy (non-hydrogen) atoms. The van der Waals surface area contributed by atoms with Gasteiger partial charge in [-0.05, 0) is 50.4 Å². The minimum absolute atomic E-state index is 0.169. The topological polar surface area (TPSA) is 23.5 Å². The molecule has 106 valence electrons. The summed E-state index contributed by atoms with van der Waals surface area (Å²) in [5.41, 5.74) is 0.944. The lowest BCUT2D eigenvalue weighted by Crippen LogP contribution is -2.40. The lowest BCUT2D eigenvalue weighted by atomic mass is 9.96. The van der Waals surface area contributed by atoms with Gasteiger partial charge in [-0.1, -0.05) is 24.1 Å². The number of benzene rings is 1. The third kappa shape index (κ3) is 4.16. The molecule has 2 rings (SSSR count). The van der Waals surface area contributed by atoms with Gasteiger partial charge >= 0.3 is 0 Å². The highest BCUT2D eigenvalue weighted by Gasteiger charge is 2.23. The molecule has 2 unspecified atom stereocenters. The molecular formula is C15H21ClFNO. The zero-order valence-electron chi connectivity index (χ0n) is 11.3. The molecule has 1 aromatic rings. The second-order valence-electron chi connectivity index (χ2n) is 5.45. The maximum absolute atomic E-state index is 13.5. The molecule has 0 aromatic heterocycles. The number of nitrogens with zero attached hydrogens (tertiary/aromatic N) is 1. The molecule has 0 aliphatic carbocycles. The van der Waals surface area contributed by atoms with Gasteiger partial charge < -0.3 is 5.11 Å². The molecule has 4 heteroatoms. The minimum atomic E-state index is -0.358. The maximum atomic E-state index is 13.5. The summed E-state index contributed by atoms with van der Waals surface area (Å²) in [6.45, 7) is 3.57. The van der Waals surface area contributed by atoms with Crippen LogP contribution < -0.4 is 0 Å². The zero-order valence-corrected chi connectivity index (χ0v) is 12.0. The summed E-state index contributed by atoms with van der Waals surface area (Å²) in [6, 6.07) is 5.39. The fourth-order valence-electron chi connectivity index (χ4n) is 2.80. The van der Waals surface area contributed by atoms with Crippen LogP contribution in [0.1, 0.15) is 38.2 Å². The summed E-state index contributed by atoms with van der Waals surface area (Å²) in [5.74, 6) is -0.358. The van der Waals surface area contributed by atoms with E-state index in [1.807, 2.05) is 13.0 Å². The largest absolute Gasteiger partial charge is 0.393 e. The van der Waals surface area contributed by atoms with Crippen molar-refractivity contribution in [2.75, 3.05) is 6.54 Å². The van der Waals surface area contributed by atoms with Gasteiger partial charge in [0.2, 0.25) is 0 Å². The van der Waals surface area contributed by atoms with Crippen molar-refractivity contribution in [3.05, 3.63) is 34.6 Å². The van der Waals surface area contributed by atoms with E-state index in [1.165, 1.54) is 18.9 Å². The second-order valence-corrected chi connectivity index (χ2v) is 5.86. The highest BCUT2D eigenvalue weighted by atomic mass is 35.5. The Labute approximate surface area is 119 Å². The van der Waals surface area contributed by atoms with Crippen molar-refractivity contribution in [1.82, 2.24) is 4.90 Å². The van der Waals surface area contributed by atoms with E-state index in [-0.39, 0.29) is 16.9 Å². The Kier molecular flexibility index (Phi) is 5.20. The van der Waals surface area contributed by atoms with Gasteiger partial charge in [-0.3, -0.25) is 4.90 Å². The molecule has 1 N–H and O–H groups in total. The van der Waals surface area contributed by atoms with Gasteiger partial charge in [-0.25, -0.2) is 4.39 Å². The average Bonchev–Trinajstić information content (AvgIpc) is 2.36. The summed E-state index contributed by atoms with van der Waals surface area (Å²) in [4.78, 5) is 2.35. The van der Waals surface area contributed by atoms with E-state index in [9.17, 15) is 9.50 Å². The van der Waals surface area contributed by atoms with E-state index in [1.54, 1.807) is 6.07 Å². The van der Waals surface area contributed by atoms with Gasteiger partial charge in [0.05, 0.1) is 11.1 Å². The third-order valence-electron chi connectivity index (χ3n) is 3.73. The highest BCUT2D eigenvalue weighted by Crippen LogP contribution is 2.24. The molecule has 0 bridgehead atoms. The molecule has 0 saturated carbocycles. The fourth-order valence-corrected chi connectivity index (χ4v) is 2.92. The van der Waals surface area contributed by atoms with Crippen molar-refractivity contribution in [3.63, 3.8) is 0 Å². The number of hydrogen-bond donors (Lipinski definition) is 1. The molecule has 1 fully saturated rings. The lowest BCUT2D eigenvalue weighted by molar-refractivity contribution is 0.0817. The van der Waals surface area contributed by atoms with Crippen LogP contribution in [-0.4, -0.2) is 28.7 Å². The molecule has 2 atom stereocenters. The monoisotopic (exact) mass is 285 g/mol. The molecule has 1 heterocycles. The first-order valence-electron chi connectivity index (χ1n) is 6.92. The normalized spacial score (nSPS) is 22.4. The van der Waals surface area contributed by atoms with Crippen LogP contribution >= 0.6 is 11.6 Å². The van der Waals surface area contributed by atoms with E-state index in [4.69, 9.17) is 11.6 Å². The van der Waals surface area contributed by atoms with E-state index in [0.717, 1.165) is 31.5 Å². The number of aliphatic hydroxyl groups is 1. The molecule has 1 aromatic carbocycles. The van der Waals surface area contributed by atoms with Gasteiger partial charge in [-0.15, -0.1) is 0 Å². The molecule has 0 radical (unpaired) electrons. The smallest absolute Gasteiger partial charge is 0.142 e. The molecule has 0 spiro atoms. The molecule has 2 nitrogen and oxygen atoms in total. The Bertz CT molecular complexity index is 425. The molecule has 1 aliphatic rings. The van der Waals surface area contributed by atoms with Crippen LogP contribution in [0.5, 0.6) is 0 Å². The summed E-state index contributed by atoms with van der Waals surface area (Å²) in [7, 11) is 0. The standard InChI is InChI=1S/C15H21ClFNO/c1-11(19)8-13-4-2-3-7-18(13)10-12-5-6-14(16)15(17)9-12/h5-6,9,11,13,19H,2-4,7-8,10H2,1H3. The molecule has 1 aliphatic heterocycles. The van der Waals surface area contributed by atoms with Crippen LogP contribution in [0.3, 0.4) is 0 Å². The van der Waals surface area contributed by atoms with Crippen LogP contribution in [0.2, 0.25) is 5.02 Å². The van der Waals surface area contributed by atoms with Crippen molar-refractivity contribution in [1.29, 1.82) is 0 Å². The first kappa shape index (κ1) is 14.8. The predicted octanol–water partition coefficient (Wildman–Crippen LogP) is 3.60. The van der Waals surface area contributed by atoms with Crippen LogP contribution in [0, 0.1) is 5.82 Å². The first-order valence-corrected chi connectivity index (χ1v) is 7.30. The van der Waals surface area contributed by atoms with Gasteiger partial charge in [0.15, 0.2) is 0 Å². The van der Waals surface area contributed by atoms with Crippen molar-refractivity contribution in [3.8, 4) is 0 Å². The van der Waals surface area contributed by atoms with Crippen molar-refractivity contribution in [2.24, 2.45) is 0 Å². The minimum Gasteiger partial charge on any atom is -0.393 e. The number of aliphatic hydroxyl groups excluding tert-OH is 1. The highest BCUT2D eigenvalue weighted by molar-refractivity contribution is 6.30. The summed E-state index contributed by atoms with van der Waals surface area (Å²) in [6.07, 6.45) is 4.00. The Morgan fingerprint density at radius 3 is 2.95 bits per heavy atom. The summed E-state index contributed by atoms with van der Waals surface area (Å²) >= 11 is 5.70. The van der Waals surface area contributed by atoms with E-state index >= 15 is 0 Å². The Hall–Kier alpha value is -0.640. The van der Waals surface area contributed by atoms with Gasteiger partial charge in [-0.2, -0.15) is 0 Å². The molecule has 0 amide bonds. The van der Waals surface area contributed by atoms with Crippen LogP contribution in [0.15, 0.2) is 18.2 Å². The summed E-state index contributed by atoms with van der Waals surface area (Å²) < 4.78 is 13.5. The van der Waals surface area contributed by atoms with E-state index in [2.05, 4.69) is 4.90 Å². The van der Waals surface area contributed by atoms with Gasteiger partial charge in [0, 0.05) is 12.6 Å². The number of rotatable bonds is 4. The predicted molar refractivity (Wildman–Crippen MR) is 75.8 cm³/mol. The summed E-state index contributed by atoms with van der Waals surface area (Å²) in [5, 5.41) is 9.73. The van der Waals surface area contributed by atoms with Crippen molar-refractivity contribution < 1.29 is 9.50 Å². The SMILES string of the molecule is CC(O)CC1CCCCN1Cc1ccc(Cl)c(F)c1. The number of hydrogen-bond acceptors (Lipinski definition) is 2. The van der Waals surface area contributed by atoms with E-state index in [0.29, 0.717) is 6.04 Å². The Morgan fingerprint density at radius 1 is 1.47 bits per heavy atom. The third-order valence-corrected chi connectivity index (χ3v) is 4.04. The lowest BCUT2D eigenvalue weighted by Gasteiger charge is -2.36. The second kappa shape index (κ2) is 6.69. The van der Waals surface area contributed by atoms with Gasteiger partial charge in [0.25, 0.3) is 0 Å². The Morgan fingerprint density at radius 2 is 2.26 bits per heavy atom. The van der Waals surface area contributed by atoms with Crippen LogP contribution in [0.25, 0.3) is 0 Å².